The molecule has 5 nitrogen and oxygen atoms in total. The molecule has 21 heavy (non-hydrogen) atoms. The maximum absolute atomic E-state index is 12.7. The fraction of sp³-hybridized carbons (Fsp3) is 0.500. The van der Waals surface area contributed by atoms with Crippen molar-refractivity contribution in [3.63, 3.8) is 0 Å². The number of carboxylic acids is 1. The van der Waals surface area contributed by atoms with Gasteiger partial charge < -0.3 is 15.3 Å². The summed E-state index contributed by atoms with van der Waals surface area (Å²) in [6.45, 7) is 2.20. The number of benzene rings is 1. The largest absolute Gasteiger partial charge is 0.481 e. The van der Waals surface area contributed by atoms with Gasteiger partial charge in [-0.2, -0.15) is 0 Å². The first-order valence-electron chi connectivity index (χ1n) is 7.47. The Labute approximate surface area is 125 Å². The van der Waals surface area contributed by atoms with Gasteiger partial charge in [0, 0.05) is 24.6 Å². The minimum Gasteiger partial charge on any atom is -0.481 e. The molecule has 1 aliphatic rings. The summed E-state index contributed by atoms with van der Waals surface area (Å²) in [5.41, 5.74) is 0.853. The van der Waals surface area contributed by atoms with E-state index in [1.165, 1.54) is 0 Å². The molecule has 1 aromatic carbocycles. The summed E-state index contributed by atoms with van der Waals surface area (Å²) in [4.78, 5) is 25.2. The van der Waals surface area contributed by atoms with Gasteiger partial charge in [-0.15, -0.1) is 0 Å². The topological polar surface area (TPSA) is 69.6 Å². The number of hydrogen-bond donors (Lipinski definition) is 2. The Balaban J connectivity index is 2.06. The lowest BCUT2D eigenvalue weighted by molar-refractivity contribution is -0.137. The molecule has 0 saturated carbocycles. The van der Waals surface area contributed by atoms with Crippen LogP contribution in [0.1, 0.15) is 25.7 Å². The number of anilines is 1. The van der Waals surface area contributed by atoms with Crippen molar-refractivity contribution < 1.29 is 14.7 Å². The highest BCUT2D eigenvalue weighted by atomic mass is 16.4. The van der Waals surface area contributed by atoms with Crippen molar-refractivity contribution in [2.45, 2.75) is 25.7 Å². The SMILES string of the molecule is O=C(O)CCCN(C(=O)C1CCNCC1)c1ccccc1. The molecule has 114 valence electrons. The van der Waals surface area contributed by atoms with Gasteiger partial charge in [-0.25, -0.2) is 0 Å². The van der Waals surface area contributed by atoms with Crippen LogP contribution in [-0.4, -0.2) is 36.6 Å². The van der Waals surface area contributed by atoms with Crippen LogP contribution in [0.25, 0.3) is 0 Å². The first-order chi connectivity index (χ1) is 10.2. The van der Waals surface area contributed by atoms with Crippen molar-refractivity contribution in [1.29, 1.82) is 0 Å². The molecule has 1 heterocycles. The van der Waals surface area contributed by atoms with Crippen LogP contribution in [-0.2, 0) is 9.59 Å². The zero-order chi connectivity index (χ0) is 15.1. The molecule has 0 spiro atoms. The smallest absolute Gasteiger partial charge is 0.303 e. The number of carboxylic acid groups (broad SMARTS) is 1. The first-order valence-corrected chi connectivity index (χ1v) is 7.47. The van der Waals surface area contributed by atoms with Crippen molar-refractivity contribution in [1.82, 2.24) is 5.32 Å². The molecule has 1 aromatic rings. The van der Waals surface area contributed by atoms with Crippen molar-refractivity contribution >= 4 is 17.6 Å². The number of para-hydroxylation sites is 1. The number of amides is 1. The fourth-order valence-corrected chi connectivity index (χ4v) is 2.65. The Morgan fingerprint density at radius 2 is 1.86 bits per heavy atom. The van der Waals surface area contributed by atoms with Crippen LogP contribution >= 0.6 is 0 Å². The van der Waals surface area contributed by atoms with Gasteiger partial charge in [0.05, 0.1) is 0 Å². The second kappa shape index (κ2) is 7.78. The molecule has 5 heteroatoms. The molecule has 1 fully saturated rings. The Hall–Kier alpha value is -1.88. The van der Waals surface area contributed by atoms with Crippen LogP contribution in [0.2, 0.25) is 0 Å². The van der Waals surface area contributed by atoms with Crippen LogP contribution in [0, 0.1) is 5.92 Å². The van der Waals surface area contributed by atoms with Gasteiger partial charge in [-0.05, 0) is 44.5 Å². The average Bonchev–Trinajstić information content (AvgIpc) is 2.52. The highest BCUT2D eigenvalue weighted by Crippen LogP contribution is 2.21. The summed E-state index contributed by atoms with van der Waals surface area (Å²) in [6, 6.07) is 9.51. The number of hydrogen-bond acceptors (Lipinski definition) is 3. The van der Waals surface area contributed by atoms with E-state index in [0.29, 0.717) is 13.0 Å². The van der Waals surface area contributed by atoms with E-state index >= 15 is 0 Å². The Bertz CT molecular complexity index is 470. The third kappa shape index (κ3) is 4.56. The fourth-order valence-electron chi connectivity index (χ4n) is 2.65. The summed E-state index contributed by atoms with van der Waals surface area (Å²) < 4.78 is 0. The van der Waals surface area contributed by atoms with Crippen molar-refractivity contribution in [2.75, 3.05) is 24.5 Å². The second-order valence-electron chi connectivity index (χ2n) is 5.35. The lowest BCUT2D eigenvalue weighted by atomic mass is 9.96. The van der Waals surface area contributed by atoms with Crippen LogP contribution in [0.15, 0.2) is 30.3 Å². The quantitative estimate of drug-likeness (QED) is 0.839. The van der Waals surface area contributed by atoms with E-state index in [2.05, 4.69) is 5.32 Å². The molecule has 1 amide bonds. The van der Waals surface area contributed by atoms with Gasteiger partial charge in [-0.3, -0.25) is 9.59 Å². The van der Waals surface area contributed by atoms with Gasteiger partial charge in [-0.1, -0.05) is 18.2 Å². The third-order valence-corrected chi connectivity index (χ3v) is 3.79. The Morgan fingerprint density at radius 3 is 2.48 bits per heavy atom. The summed E-state index contributed by atoms with van der Waals surface area (Å²) in [7, 11) is 0. The predicted octanol–water partition coefficient (Wildman–Crippen LogP) is 1.88. The maximum atomic E-state index is 12.7. The number of carbonyl (C=O) groups excluding carboxylic acids is 1. The monoisotopic (exact) mass is 290 g/mol. The molecule has 0 radical (unpaired) electrons. The average molecular weight is 290 g/mol. The van der Waals surface area contributed by atoms with E-state index in [4.69, 9.17) is 5.11 Å². The molecule has 0 atom stereocenters. The Morgan fingerprint density at radius 1 is 1.19 bits per heavy atom. The highest BCUT2D eigenvalue weighted by molar-refractivity contribution is 5.95. The number of piperidine rings is 1. The van der Waals surface area contributed by atoms with Gasteiger partial charge in [0.25, 0.3) is 0 Å². The molecular weight excluding hydrogens is 268 g/mol. The minimum atomic E-state index is -0.822. The zero-order valence-electron chi connectivity index (χ0n) is 12.1. The van der Waals surface area contributed by atoms with E-state index in [0.717, 1.165) is 31.6 Å². The number of rotatable bonds is 6. The summed E-state index contributed by atoms with van der Waals surface area (Å²) in [5, 5.41) is 12.0. The lowest BCUT2D eigenvalue weighted by Crippen LogP contribution is -2.41. The van der Waals surface area contributed by atoms with Crippen LogP contribution in [0.3, 0.4) is 0 Å². The van der Waals surface area contributed by atoms with E-state index in [1.54, 1.807) is 4.90 Å². The number of carbonyl (C=O) groups is 2. The lowest BCUT2D eigenvalue weighted by Gasteiger charge is -2.29. The van der Waals surface area contributed by atoms with E-state index in [9.17, 15) is 9.59 Å². The van der Waals surface area contributed by atoms with E-state index in [1.807, 2.05) is 30.3 Å². The Kier molecular flexibility index (Phi) is 5.75. The molecule has 0 unspecified atom stereocenters. The number of nitrogens with one attached hydrogen (secondary N) is 1. The number of nitrogens with zero attached hydrogens (tertiary/aromatic N) is 1. The molecule has 0 aromatic heterocycles. The predicted molar refractivity (Wildman–Crippen MR) is 81.3 cm³/mol. The highest BCUT2D eigenvalue weighted by Gasteiger charge is 2.26. The van der Waals surface area contributed by atoms with Crippen molar-refractivity contribution in [3.05, 3.63) is 30.3 Å². The van der Waals surface area contributed by atoms with E-state index in [-0.39, 0.29) is 18.2 Å². The normalized spacial score (nSPS) is 15.6. The van der Waals surface area contributed by atoms with Gasteiger partial charge in [0.1, 0.15) is 0 Å². The van der Waals surface area contributed by atoms with Crippen molar-refractivity contribution in [3.8, 4) is 0 Å². The zero-order valence-corrected chi connectivity index (χ0v) is 12.1. The molecule has 0 bridgehead atoms. The summed E-state index contributed by atoms with van der Waals surface area (Å²) >= 11 is 0. The molecule has 0 aliphatic carbocycles. The minimum absolute atomic E-state index is 0.0382. The van der Waals surface area contributed by atoms with E-state index < -0.39 is 5.97 Å². The number of aliphatic carboxylic acids is 1. The maximum Gasteiger partial charge on any atom is 0.303 e. The van der Waals surface area contributed by atoms with Gasteiger partial charge in [0.2, 0.25) is 5.91 Å². The third-order valence-electron chi connectivity index (χ3n) is 3.79. The summed E-state index contributed by atoms with van der Waals surface area (Å²) in [6.07, 6.45) is 2.26. The molecule has 1 aliphatic heterocycles. The van der Waals surface area contributed by atoms with Crippen LogP contribution < -0.4 is 10.2 Å². The summed E-state index contributed by atoms with van der Waals surface area (Å²) in [5.74, 6) is -0.665. The molecule has 1 saturated heterocycles. The first kappa shape index (κ1) is 15.5. The van der Waals surface area contributed by atoms with Gasteiger partial charge in [0.15, 0.2) is 0 Å². The second-order valence-corrected chi connectivity index (χ2v) is 5.35. The molecule has 2 rings (SSSR count). The van der Waals surface area contributed by atoms with Crippen LogP contribution in [0.5, 0.6) is 0 Å². The standard InChI is InChI=1S/C16H22N2O3/c19-15(20)7-4-12-18(14-5-2-1-3-6-14)16(21)13-8-10-17-11-9-13/h1-3,5-6,13,17H,4,7-12H2,(H,19,20). The van der Waals surface area contributed by atoms with Crippen molar-refractivity contribution in [2.24, 2.45) is 5.92 Å². The molecular formula is C16H22N2O3. The van der Waals surface area contributed by atoms with Crippen LogP contribution in [0.4, 0.5) is 5.69 Å². The molecule has 2 N–H and O–H groups in total. The van der Waals surface area contributed by atoms with Gasteiger partial charge >= 0.3 is 5.97 Å².